The van der Waals surface area contributed by atoms with Crippen LogP contribution in [0.5, 0.6) is 5.75 Å². The maximum Gasteiger partial charge on any atom is 0.260 e. The first kappa shape index (κ1) is 14.9. The Hall–Kier alpha value is -1.47. The number of hydrogen-bond donors (Lipinski definition) is 1. The minimum absolute atomic E-state index is 0.157. The first-order chi connectivity index (χ1) is 9.32. The normalized spacial score (nSPS) is 18.8. The van der Waals surface area contributed by atoms with E-state index in [0.717, 1.165) is 6.26 Å². The Bertz CT molecular complexity index is 632. The van der Waals surface area contributed by atoms with Crippen LogP contribution in [0.4, 0.5) is 5.69 Å². The minimum Gasteiger partial charge on any atom is -0.478 e. The number of nitrogens with one attached hydrogen (secondary N) is 1. The number of anilines is 1. The van der Waals surface area contributed by atoms with Crippen LogP contribution in [0.1, 0.15) is 6.42 Å². The summed E-state index contributed by atoms with van der Waals surface area (Å²) in [4.78, 5) is 11.7. The molecule has 1 N–H and O–H groups in total. The molecule has 1 heterocycles. The molecule has 1 atom stereocenters. The molecule has 1 aromatic carbocycles. The second-order valence-corrected chi connectivity index (χ2v) is 6.80. The van der Waals surface area contributed by atoms with Gasteiger partial charge in [0.05, 0.1) is 11.9 Å². The van der Waals surface area contributed by atoms with Crippen molar-refractivity contribution in [1.29, 1.82) is 0 Å². The number of sulfonamides is 1. The van der Waals surface area contributed by atoms with Crippen LogP contribution in [0.2, 0.25) is 5.02 Å². The van der Waals surface area contributed by atoms with Gasteiger partial charge in [0.2, 0.25) is 10.0 Å². The van der Waals surface area contributed by atoms with Crippen LogP contribution < -0.4 is 14.4 Å². The number of carbonyl (C=O) groups excluding carboxylic acids is 1. The van der Waals surface area contributed by atoms with Crippen LogP contribution in [0.15, 0.2) is 18.2 Å². The molecule has 0 saturated heterocycles. The van der Waals surface area contributed by atoms with Gasteiger partial charge in [-0.2, -0.15) is 0 Å². The smallest absolute Gasteiger partial charge is 0.260 e. The molecule has 2 rings (SSSR count). The van der Waals surface area contributed by atoms with E-state index in [4.69, 9.17) is 16.3 Å². The molecule has 20 heavy (non-hydrogen) atoms. The molecule has 1 aliphatic rings. The van der Waals surface area contributed by atoms with E-state index in [0.29, 0.717) is 16.5 Å². The summed E-state index contributed by atoms with van der Waals surface area (Å²) >= 11 is 5.92. The molecule has 0 unspecified atom stereocenters. The second kappa shape index (κ2) is 5.49. The zero-order chi connectivity index (χ0) is 14.9. The zero-order valence-electron chi connectivity index (χ0n) is 11.1. The van der Waals surface area contributed by atoms with Crippen molar-refractivity contribution in [3.8, 4) is 5.75 Å². The fourth-order valence-corrected chi connectivity index (χ4v) is 3.15. The van der Waals surface area contributed by atoms with Crippen molar-refractivity contribution in [2.45, 2.75) is 12.5 Å². The van der Waals surface area contributed by atoms with E-state index in [1.165, 1.54) is 17.4 Å². The van der Waals surface area contributed by atoms with Gasteiger partial charge in [0.1, 0.15) is 5.75 Å². The number of halogens is 1. The SMILES string of the molecule is CNC(=O)[C@@H]1CCN(S(C)(=O)=O)c2cc(Cl)ccc2O1. The number of likely N-dealkylation sites (N-methyl/N-ethyl adjacent to an activating group) is 1. The highest BCUT2D eigenvalue weighted by Crippen LogP contribution is 2.36. The zero-order valence-corrected chi connectivity index (χ0v) is 12.7. The van der Waals surface area contributed by atoms with Crippen molar-refractivity contribution in [3.63, 3.8) is 0 Å². The standard InChI is InChI=1S/C12H15ClN2O4S/c1-14-12(16)11-5-6-15(20(2,17)18)9-7-8(13)3-4-10(9)19-11/h3-4,7,11H,5-6H2,1-2H3,(H,14,16)/t11-/m0/s1. The summed E-state index contributed by atoms with van der Waals surface area (Å²) in [6, 6.07) is 4.67. The Balaban J connectivity index is 2.48. The maximum atomic E-state index is 11.9. The Labute approximate surface area is 122 Å². The molecule has 0 aromatic heterocycles. The number of rotatable bonds is 2. The van der Waals surface area contributed by atoms with E-state index in [1.807, 2.05) is 0 Å². The second-order valence-electron chi connectivity index (χ2n) is 4.46. The van der Waals surface area contributed by atoms with Gasteiger partial charge in [-0.3, -0.25) is 9.10 Å². The predicted molar refractivity (Wildman–Crippen MR) is 76.7 cm³/mol. The van der Waals surface area contributed by atoms with E-state index in [-0.39, 0.29) is 18.9 Å². The van der Waals surface area contributed by atoms with Gasteiger partial charge in [-0.05, 0) is 18.2 Å². The molecular weight excluding hydrogens is 304 g/mol. The average Bonchev–Trinajstić information content (AvgIpc) is 2.56. The Kier molecular flexibility index (Phi) is 4.10. The summed E-state index contributed by atoms with van der Waals surface area (Å²) in [6.45, 7) is 0.157. The lowest BCUT2D eigenvalue weighted by molar-refractivity contribution is -0.127. The van der Waals surface area contributed by atoms with Crippen LogP contribution in [0, 0.1) is 0 Å². The molecule has 0 aliphatic carbocycles. The van der Waals surface area contributed by atoms with Crippen LogP contribution in [-0.4, -0.2) is 40.3 Å². The van der Waals surface area contributed by atoms with Gasteiger partial charge in [-0.1, -0.05) is 11.6 Å². The first-order valence-electron chi connectivity index (χ1n) is 5.98. The lowest BCUT2D eigenvalue weighted by atomic mass is 10.2. The number of benzene rings is 1. The van der Waals surface area contributed by atoms with Gasteiger partial charge >= 0.3 is 0 Å². The number of carbonyl (C=O) groups is 1. The number of nitrogens with zero attached hydrogens (tertiary/aromatic N) is 1. The third-order valence-corrected chi connectivity index (χ3v) is 4.41. The van der Waals surface area contributed by atoms with Crippen LogP contribution in [0.25, 0.3) is 0 Å². The van der Waals surface area contributed by atoms with E-state index < -0.39 is 16.1 Å². The molecule has 1 aliphatic heterocycles. The van der Waals surface area contributed by atoms with E-state index in [2.05, 4.69) is 5.32 Å². The molecule has 8 heteroatoms. The average molecular weight is 319 g/mol. The van der Waals surface area contributed by atoms with Crippen LogP contribution in [-0.2, 0) is 14.8 Å². The molecule has 0 spiro atoms. The highest BCUT2D eigenvalue weighted by molar-refractivity contribution is 7.92. The fourth-order valence-electron chi connectivity index (χ4n) is 2.04. The lowest BCUT2D eigenvalue weighted by Crippen LogP contribution is -2.38. The lowest BCUT2D eigenvalue weighted by Gasteiger charge is -2.21. The molecular formula is C12H15ClN2O4S. The predicted octanol–water partition coefficient (Wildman–Crippen LogP) is 1.00. The fraction of sp³-hybridized carbons (Fsp3) is 0.417. The highest BCUT2D eigenvalue weighted by atomic mass is 35.5. The monoisotopic (exact) mass is 318 g/mol. The Morgan fingerprint density at radius 3 is 2.80 bits per heavy atom. The molecule has 0 saturated carbocycles. The van der Waals surface area contributed by atoms with Gasteiger partial charge in [0, 0.05) is 25.0 Å². The molecule has 0 radical (unpaired) electrons. The molecule has 1 aromatic rings. The Morgan fingerprint density at radius 1 is 1.50 bits per heavy atom. The van der Waals surface area contributed by atoms with Crippen molar-refractivity contribution < 1.29 is 17.9 Å². The summed E-state index contributed by atoms with van der Waals surface area (Å²) in [5.41, 5.74) is 0.353. The largest absolute Gasteiger partial charge is 0.478 e. The summed E-state index contributed by atoms with van der Waals surface area (Å²) < 4.78 is 30.6. The number of hydrogen-bond acceptors (Lipinski definition) is 4. The number of amides is 1. The van der Waals surface area contributed by atoms with E-state index >= 15 is 0 Å². The van der Waals surface area contributed by atoms with Gasteiger partial charge in [0.25, 0.3) is 5.91 Å². The van der Waals surface area contributed by atoms with E-state index in [9.17, 15) is 13.2 Å². The quantitative estimate of drug-likeness (QED) is 0.883. The van der Waals surface area contributed by atoms with Crippen molar-refractivity contribution in [3.05, 3.63) is 23.2 Å². The van der Waals surface area contributed by atoms with Crippen molar-refractivity contribution in [2.75, 3.05) is 24.2 Å². The van der Waals surface area contributed by atoms with Crippen molar-refractivity contribution in [1.82, 2.24) is 5.32 Å². The summed E-state index contributed by atoms with van der Waals surface area (Å²) in [7, 11) is -1.96. The molecule has 110 valence electrons. The first-order valence-corrected chi connectivity index (χ1v) is 8.21. The van der Waals surface area contributed by atoms with Gasteiger partial charge in [-0.15, -0.1) is 0 Å². The molecule has 1 amide bonds. The molecule has 6 nitrogen and oxygen atoms in total. The van der Waals surface area contributed by atoms with Gasteiger partial charge < -0.3 is 10.1 Å². The molecule has 0 fully saturated rings. The van der Waals surface area contributed by atoms with Crippen molar-refractivity contribution in [2.24, 2.45) is 0 Å². The summed E-state index contributed by atoms with van der Waals surface area (Å²) in [6.07, 6.45) is 0.642. The minimum atomic E-state index is -3.47. The van der Waals surface area contributed by atoms with E-state index in [1.54, 1.807) is 12.1 Å². The topological polar surface area (TPSA) is 75.7 Å². The summed E-state index contributed by atoms with van der Waals surface area (Å²) in [5, 5.41) is 2.90. The van der Waals surface area contributed by atoms with Crippen LogP contribution >= 0.6 is 11.6 Å². The van der Waals surface area contributed by atoms with Crippen molar-refractivity contribution >= 4 is 33.2 Å². The van der Waals surface area contributed by atoms with Gasteiger partial charge in [0.15, 0.2) is 6.10 Å². The molecule has 0 bridgehead atoms. The number of fused-ring (bicyclic) bond motifs is 1. The van der Waals surface area contributed by atoms with Gasteiger partial charge in [-0.25, -0.2) is 8.42 Å². The third-order valence-electron chi connectivity index (χ3n) is 2.99. The number of ether oxygens (including phenoxy) is 1. The van der Waals surface area contributed by atoms with Crippen LogP contribution in [0.3, 0.4) is 0 Å². The third kappa shape index (κ3) is 2.99. The summed E-state index contributed by atoms with van der Waals surface area (Å²) in [5.74, 6) is 0.0344. The Morgan fingerprint density at radius 2 is 2.20 bits per heavy atom. The highest BCUT2D eigenvalue weighted by Gasteiger charge is 2.30. The maximum absolute atomic E-state index is 11.9.